The van der Waals surface area contributed by atoms with Gasteiger partial charge in [-0.25, -0.2) is 0 Å². The first kappa shape index (κ1) is 15.1. The zero-order valence-electron chi connectivity index (χ0n) is 11.6. The van der Waals surface area contributed by atoms with Crippen LogP contribution in [0.25, 0.3) is 0 Å². The summed E-state index contributed by atoms with van der Waals surface area (Å²) < 4.78 is 40.7. The second kappa shape index (κ2) is 5.58. The molecule has 0 amide bonds. The Morgan fingerprint density at radius 3 is 2.58 bits per heavy atom. The molecule has 1 saturated carbocycles. The fraction of sp³-hybridized carbons (Fsp3) is 1.00. The summed E-state index contributed by atoms with van der Waals surface area (Å²) in [6.07, 6.45) is -1.68. The highest BCUT2D eigenvalue weighted by atomic mass is 19.4. The van der Waals surface area contributed by atoms with Gasteiger partial charge in [-0.2, -0.15) is 13.2 Å². The van der Waals surface area contributed by atoms with Gasteiger partial charge in [0.1, 0.15) is 6.61 Å². The predicted molar refractivity (Wildman–Crippen MR) is 67.0 cm³/mol. The smallest absolute Gasteiger partial charge is 0.371 e. The molecule has 0 bridgehead atoms. The van der Waals surface area contributed by atoms with Crippen LogP contribution in [0.3, 0.4) is 0 Å². The number of ether oxygens (including phenoxy) is 1. The number of piperazine rings is 1. The van der Waals surface area contributed by atoms with Crippen molar-refractivity contribution in [3.05, 3.63) is 0 Å². The lowest BCUT2D eigenvalue weighted by Crippen LogP contribution is -2.63. The van der Waals surface area contributed by atoms with Crippen molar-refractivity contribution < 1.29 is 17.9 Å². The van der Waals surface area contributed by atoms with Gasteiger partial charge in [0, 0.05) is 31.2 Å². The summed E-state index contributed by atoms with van der Waals surface area (Å²) in [7, 11) is 0. The topological polar surface area (TPSA) is 24.5 Å². The van der Waals surface area contributed by atoms with Crippen molar-refractivity contribution in [2.75, 3.05) is 32.8 Å². The Morgan fingerprint density at radius 1 is 1.32 bits per heavy atom. The zero-order chi connectivity index (χ0) is 14.1. The van der Waals surface area contributed by atoms with Crippen LogP contribution in [0.5, 0.6) is 0 Å². The predicted octanol–water partition coefficient (Wildman–Crippen LogP) is 2.03. The Balaban J connectivity index is 1.75. The molecule has 19 heavy (non-hydrogen) atoms. The molecule has 6 heteroatoms. The lowest BCUT2D eigenvalue weighted by molar-refractivity contribution is -0.175. The molecule has 1 saturated heterocycles. The van der Waals surface area contributed by atoms with Gasteiger partial charge in [-0.05, 0) is 32.6 Å². The minimum Gasteiger partial charge on any atom is -0.371 e. The van der Waals surface area contributed by atoms with Crippen LogP contribution < -0.4 is 5.32 Å². The minimum atomic E-state index is -4.23. The third kappa shape index (κ3) is 4.61. The Kier molecular flexibility index (Phi) is 4.42. The molecule has 2 rings (SSSR count). The second-order valence-electron chi connectivity index (χ2n) is 6.25. The van der Waals surface area contributed by atoms with Gasteiger partial charge < -0.3 is 10.1 Å². The fourth-order valence-electron chi connectivity index (χ4n) is 2.61. The van der Waals surface area contributed by atoms with Crippen LogP contribution in [0, 0.1) is 5.92 Å². The van der Waals surface area contributed by atoms with Gasteiger partial charge in [0.25, 0.3) is 0 Å². The van der Waals surface area contributed by atoms with E-state index in [2.05, 4.69) is 24.1 Å². The van der Waals surface area contributed by atoms with Crippen LogP contribution in [-0.4, -0.2) is 55.5 Å². The monoisotopic (exact) mass is 280 g/mol. The Hall–Kier alpha value is -0.330. The molecular formula is C13H23F3N2O. The number of rotatable bonds is 5. The molecule has 3 nitrogen and oxygen atoms in total. The lowest BCUT2D eigenvalue weighted by atomic mass is 9.96. The normalized spacial score (nSPS) is 28.6. The summed E-state index contributed by atoms with van der Waals surface area (Å²) in [5.74, 6) is 0.759. The molecule has 0 aromatic heterocycles. The molecule has 1 unspecified atom stereocenters. The Morgan fingerprint density at radius 2 is 2.00 bits per heavy atom. The molecule has 0 radical (unpaired) electrons. The molecule has 1 aliphatic carbocycles. The first-order valence-electron chi connectivity index (χ1n) is 6.91. The molecular weight excluding hydrogens is 257 g/mol. The number of alkyl halides is 3. The van der Waals surface area contributed by atoms with E-state index < -0.39 is 12.8 Å². The minimum absolute atomic E-state index is 0.0209. The van der Waals surface area contributed by atoms with E-state index in [1.807, 2.05) is 0 Å². The molecule has 1 heterocycles. The van der Waals surface area contributed by atoms with Gasteiger partial charge >= 0.3 is 6.18 Å². The van der Waals surface area contributed by atoms with E-state index in [4.69, 9.17) is 4.74 Å². The van der Waals surface area contributed by atoms with Crippen LogP contribution >= 0.6 is 0 Å². The van der Waals surface area contributed by atoms with Crippen molar-refractivity contribution in [1.82, 2.24) is 10.2 Å². The highest BCUT2D eigenvalue weighted by Crippen LogP contribution is 2.35. The van der Waals surface area contributed by atoms with E-state index >= 15 is 0 Å². The number of nitrogens with one attached hydrogen (secondary N) is 1. The Labute approximate surface area is 112 Å². The Bertz CT molecular complexity index is 303. The van der Waals surface area contributed by atoms with E-state index in [0.29, 0.717) is 12.6 Å². The van der Waals surface area contributed by atoms with Gasteiger partial charge in [0.05, 0.1) is 6.61 Å². The van der Waals surface area contributed by atoms with Gasteiger partial charge in [0.15, 0.2) is 0 Å². The van der Waals surface area contributed by atoms with Gasteiger partial charge in [-0.15, -0.1) is 0 Å². The first-order valence-corrected chi connectivity index (χ1v) is 6.91. The maximum absolute atomic E-state index is 12.0. The first-order chi connectivity index (χ1) is 8.78. The van der Waals surface area contributed by atoms with Crippen molar-refractivity contribution in [1.29, 1.82) is 0 Å². The van der Waals surface area contributed by atoms with Crippen LogP contribution in [0.2, 0.25) is 0 Å². The van der Waals surface area contributed by atoms with E-state index in [1.54, 1.807) is 0 Å². The average Bonchev–Trinajstić information content (AvgIpc) is 3.08. The molecule has 112 valence electrons. The molecule has 0 spiro atoms. The number of halogens is 3. The van der Waals surface area contributed by atoms with Crippen LogP contribution in [0.15, 0.2) is 0 Å². The fourth-order valence-corrected chi connectivity index (χ4v) is 2.61. The molecule has 0 aromatic rings. The van der Waals surface area contributed by atoms with Crippen LogP contribution in [0.4, 0.5) is 13.2 Å². The molecule has 2 aliphatic rings. The number of hydrogen-bond donors (Lipinski definition) is 1. The summed E-state index contributed by atoms with van der Waals surface area (Å²) >= 11 is 0. The molecule has 2 fully saturated rings. The zero-order valence-corrected chi connectivity index (χ0v) is 11.6. The number of hydrogen-bond acceptors (Lipinski definition) is 3. The van der Waals surface area contributed by atoms with Crippen LogP contribution in [0.1, 0.15) is 26.7 Å². The van der Waals surface area contributed by atoms with E-state index in [9.17, 15) is 13.2 Å². The van der Waals surface area contributed by atoms with Gasteiger partial charge in [0.2, 0.25) is 0 Å². The summed E-state index contributed by atoms with van der Waals surface area (Å²) in [5, 5.41) is 3.55. The summed E-state index contributed by atoms with van der Waals surface area (Å²) in [6, 6.07) is 0.496. The largest absolute Gasteiger partial charge is 0.411 e. The summed E-state index contributed by atoms with van der Waals surface area (Å²) in [5.41, 5.74) is -0.0209. The molecule has 1 N–H and O–H groups in total. The highest BCUT2D eigenvalue weighted by Gasteiger charge is 2.40. The van der Waals surface area contributed by atoms with Crippen molar-refractivity contribution in [3.63, 3.8) is 0 Å². The summed E-state index contributed by atoms with van der Waals surface area (Å²) in [4.78, 5) is 2.25. The standard InChI is InChI=1S/C13H23F3N2O/c1-12(2)8-17-11(10-3-4-10)7-18(12)5-6-19-9-13(14,15)16/h10-11,17H,3-9H2,1-2H3. The van der Waals surface area contributed by atoms with E-state index in [-0.39, 0.29) is 12.1 Å². The second-order valence-corrected chi connectivity index (χ2v) is 6.25. The average molecular weight is 280 g/mol. The van der Waals surface area contributed by atoms with Crippen molar-refractivity contribution >= 4 is 0 Å². The van der Waals surface area contributed by atoms with Gasteiger partial charge in [-0.1, -0.05) is 0 Å². The van der Waals surface area contributed by atoms with E-state index in [1.165, 1.54) is 12.8 Å². The van der Waals surface area contributed by atoms with Crippen LogP contribution in [-0.2, 0) is 4.74 Å². The maximum atomic E-state index is 12.0. The highest BCUT2D eigenvalue weighted by molar-refractivity contribution is 4.98. The lowest BCUT2D eigenvalue weighted by Gasteiger charge is -2.46. The number of nitrogens with zero attached hydrogens (tertiary/aromatic N) is 1. The SMILES string of the molecule is CC1(C)CNC(C2CC2)CN1CCOCC(F)(F)F. The van der Waals surface area contributed by atoms with Crippen molar-refractivity contribution in [2.24, 2.45) is 5.92 Å². The maximum Gasteiger partial charge on any atom is 0.411 e. The van der Waals surface area contributed by atoms with Crippen molar-refractivity contribution in [3.8, 4) is 0 Å². The third-order valence-corrected chi connectivity index (χ3v) is 4.03. The van der Waals surface area contributed by atoms with E-state index in [0.717, 1.165) is 19.0 Å². The van der Waals surface area contributed by atoms with Gasteiger partial charge in [-0.3, -0.25) is 4.90 Å². The van der Waals surface area contributed by atoms with Crippen molar-refractivity contribution in [2.45, 2.75) is 44.4 Å². The molecule has 0 aromatic carbocycles. The molecule has 1 atom stereocenters. The quantitative estimate of drug-likeness (QED) is 0.780. The summed E-state index contributed by atoms with van der Waals surface area (Å²) in [6.45, 7) is 5.58. The molecule has 1 aliphatic heterocycles. The third-order valence-electron chi connectivity index (χ3n) is 4.03.